The lowest BCUT2D eigenvalue weighted by atomic mass is 10.2. The summed E-state index contributed by atoms with van der Waals surface area (Å²) in [7, 11) is -2.22. The van der Waals surface area contributed by atoms with Crippen molar-refractivity contribution in [2.45, 2.75) is 38.3 Å². The molecular weight excluding hydrogens is 306 g/mol. The normalized spacial score (nSPS) is 13.5. The number of furan rings is 1. The maximum Gasteiger partial charge on any atom is 0.244 e. The van der Waals surface area contributed by atoms with Gasteiger partial charge in [0.15, 0.2) is 0 Å². The van der Waals surface area contributed by atoms with Gasteiger partial charge < -0.3 is 9.15 Å². The lowest BCUT2D eigenvalue weighted by molar-refractivity contribution is 0.166. The molecule has 0 fully saturated rings. The molecule has 1 N–H and O–H groups in total. The molecule has 0 saturated heterocycles. The number of nitrogens with zero attached hydrogens (tertiary/aromatic N) is 2. The van der Waals surface area contributed by atoms with E-state index in [1.54, 1.807) is 30.7 Å². The molecule has 0 saturated carbocycles. The van der Waals surface area contributed by atoms with Crippen molar-refractivity contribution in [2.75, 3.05) is 13.7 Å². The van der Waals surface area contributed by atoms with E-state index in [0.717, 1.165) is 0 Å². The van der Waals surface area contributed by atoms with Crippen molar-refractivity contribution in [3.63, 3.8) is 0 Å². The van der Waals surface area contributed by atoms with Crippen molar-refractivity contribution in [3.8, 4) is 0 Å². The number of hydrogen-bond donors (Lipinski definition) is 1. The highest BCUT2D eigenvalue weighted by atomic mass is 32.2. The minimum Gasteiger partial charge on any atom is -0.468 e. The van der Waals surface area contributed by atoms with Crippen LogP contribution in [0.5, 0.6) is 0 Å². The Morgan fingerprint density at radius 2 is 2.18 bits per heavy atom. The van der Waals surface area contributed by atoms with Crippen LogP contribution in [0.1, 0.15) is 30.1 Å². The average molecular weight is 327 g/mol. The van der Waals surface area contributed by atoms with Crippen molar-refractivity contribution in [1.82, 2.24) is 14.5 Å². The first-order valence-corrected chi connectivity index (χ1v) is 8.47. The summed E-state index contributed by atoms with van der Waals surface area (Å²) < 4.78 is 40.1. The molecule has 0 aliphatic carbocycles. The van der Waals surface area contributed by atoms with E-state index < -0.39 is 16.1 Å². The standard InChI is InChI=1S/C14H21N3O4S/c1-5-17-11(3)14(10(2)15-17)22(18,19)16-12(9-20-4)13-7-6-8-21-13/h6-8,12,16H,5,9H2,1-4H3. The van der Waals surface area contributed by atoms with E-state index in [2.05, 4.69) is 9.82 Å². The molecule has 2 heterocycles. The summed E-state index contributed by atoms with van der Waals surface area (Å²) in [6.07, 6.45) is 1.50. The highest BCUT2D eigenvalue weighted by Gasteiger charge is 2.28. The van der Waals surface area contributed by atoms with Gasteiger partial charge in [0.2, 0.25) is 10.0 Å². The summed E-state index contributed by atoms with van der Waals surface area (Å²) in [6.45, 7) is 6.14. The number of rotatable bonds is 7. The smallest absolute Gasteiger partial charge is 0.244 e. The van der Waals surface area contributed by atoms with Crippen LogP contribution in [0.15, 0.2) is 27.7 Å². The van der Waals surface area contributed by atoms with Crippen molar-refractivity contribution >= 4 is 10.0 Å². The molecule has 22 heavy (non-hydrogen) atoms. The van der Waals surface area contributed by atoms with Gasteiger partial charge in [0, 0.05) is 13.7 Å². The molecule has 0 spiro atoms. The Labute approximate surface area is 130 Å². The fourth-order valence-corrected chi connectivity index (χ4v) is 4.05. The molecule has 0 bridgehead atoms. The monoisotopic (exact) mass is 327 g/mol. The number of methoxy groups -OCH3 is 1. The maximum atomic E-state index is 12.7. The van der Waals surface area contributed by atoms with Crippen molar-refractivity contribution in [3.05, 3.63) is 35.5 Å². The second-order valence-electron chi connectivity index (χ2n) is 4.96. The highest BCUT2D eigenvalue weighted by molar-refractivity contribution is 7.89. The van der Waals surface area contributed by atoms with Crippen LogP contribution in [-0.4, -0.2) is 31.9 Å². The Morgan fingerprint density at radius 3 is 2.68 bits per heavy atom. The van der Waals surface area contributed by atoms with E-state index in [1.807, 2.05) is 6.92 Å². The molecule has 1 unspecified atom stereocenters. The fraction of sp³-hybridized carbons (Fsp3) is 0.500. The number of aryl methyl sites for hydroxylation is 2. The fourth-order valence-electron chi connectivity index (χ4n) is 2.45. The largest absolute Gasteiger partial charge is 0.468 e. The lowest BCUT2D eigenvalue weighted by Crippen LogP contribution is -2.31. The Bertz CT molecular complexity index is 720. The summed E-state index contributed by atoms with van der Waals surface area (Å²) in [5.41, 5.74) is 1.09. The predicted octanol–water partition coefficient (Wildman–Crippen LogP) is 1.78. The third-order valence-electron chi connectivity index (χ3n) is 3.40. The van der Waals surface area contributed by atoms with Gasteiger partial charge in [-0.2, -0.15) is 9.82 Å². The summed E-state index contributed by atoms with van der Waals surface area (Å²) in [5, 5.41) is 4.25. The van der Waals surface area contributed by atoms with E-state index in [9.17, 15) is 8.42 Å². The molecule has 0 aliphatic rings. The lowest BCUT2D eigenvalue weighted by Gasteiger charge is -2.16. The van der Waals surface area contributed by atoms with E-state index in [4.69, 9.17) is 9.15 Å². The Balaban J connectivity index is 2.36. The van der Waals surface area contributed by atoms with E-state index >= 15 is 0 Å². The van der Waals surface area contributed by atoms with Crippen LogP contribution in [0.4, 0.5) is 0 Å². The van der Waals surface area contributed by atoms with Crippen LogP contribution in [0.25, 0.3) is 0 Å². The van der Waals surface area contributed by atoms with Gasteiger partial charge in [-0.3, -0.25) is 4.68 Å². The van der Waals surface area contributed by atoms with Gasteiger partial charge in [0.05, 0.1) is 24.3 Å². The quantitative estimate of drug-likeness (QED) is 0.837. The van der Waals surface area contributed by atoms with Crippen LogP contribution in [0.3, 0.4) is 0 Å². The molecular formula is C14H21N3O4S. The minimum absolute atomic E-state index is 0.173. The van der Waals surface area contributed by atoms with E-state index in [0.29, 0.717) is 23.7 Å². The Kier molecular flexibility index (Phi) is 5.05. The third kappa shape index (κ3) is 3.23. The van der Waals surface area contributed by atoms with Crippen LogP contribution in [0.2, 0.25) is 0 Å². The molecule has 8 heteroatoms. The zero-order chi connectivity index (χ0) is 16.3. The molecule has 2 aromatic heterocycles. The maximum absolute atomic E-state index is 12.7. The Morgan fingerprint density at radius 1 is 1.45 bits per heavy atom. The highest BCUT2D eigenvalue weighted by Crippen LogP contribution is 2.23. The first-order chi connectivity index (χ1) is 10.4. The molecule has 0 aliphatic heterocycles. The van der Waals surface area contributed by atoms with Gasteiger partial charge in [-0.05, 0) is 32.9 Å². The molecule has 0 radical (unpaired) electrons. The van der Waals surface area contributed by atoms with Gasteiger partial charge >= 0.3 is 0 Å². The number of sulfonamides is 1. The van der Waals surface area contributed by atoms with Crippen LogP contribution in [0, 0.1) is 13.8 Å². The molecule has 2 aromatic rings. The first-order valence-electron chi connectivity index (χ1n) is 6.99. The van der Waals surface area contributed by atoms with Crippen molar-refractivity contribution in [1.29, 1.82) is 0 Å². The minimum atomic E-state index is -3.73. The molecule has 0 aromatic carbocycles. The number of aromatic nitrogens is 2. The van der Waals surface area contributed by atoms with Crippen LogP contribution in [-0.2, 0) is 21.3 Å². The number of hydrogen-bond acceptors (Lipinski definition) is 5. The van der Waals surface area contributed by atoms with Crippen LogP contribution >= 0.6 is 0 Å². The third-order valence-corrected chi connectivity index (χ3v) is 5.12. The zero-order valence-corrected chi connectivity index (χ0v) is 14.0. The van der Waals surface area contributed by atoms with Gasteiger partial charge in [0.25, 0.3) is 0 Å². The molecule has 122 valence electrons. The van der Waals surface area contributed by atoms with Crippen LogP contribution < -0.4 is 4.72 Å². The average Bonchev–Trinajstić information content (AvgIpc) is 3.06. The summed E-state index contributed by atoms with van der Waals surface area (Å²) in [5.74, 6) is 0.503. The zero-order valence-electron chi connectivity index (χ0n) is 13.2. The van der Waals surface area contributed by atoms with Crippen molar-refractivity contribution in [2.24, 2.45) is 0 Å². The second-order valence-corrected chi connectivity index (χ2v) is 6.61. The van der Waals surface area contributed by atoms with Gasteiger partial charge in [-0.25, -0.2) is 8.42 Å². The van der Waals surface area contributed by atoms with Gasteiger partial charge in [-0.15, -0.1) is 0 Å². The summed E-state index contributed by atoms with van der Waals surface area (Å²) >= 11 is 0. The summed E-state index contributed by atoms with van der Waals surface area (Å²) in [6, 6.07) is 2.83. The van der Waals surface area contributed by atoms with E-state index in [1.165, 1.54) is 13.4 Å². The van der Waals surface area contributed by atoms with Gasteiger partial charge in [-0.1, -0.05) is 0 Å². The topological polar surface area (TPSA) is 86.4 Å². The number of ether oxygens (including phenoxy) is 1. The van der Waals surface area contributed by atoms with Crippen molar-refractivity contribution < 1.29 is 17.6 Å². The second kappa shape index (κ2) is 6.64. The van der Waals surface area contributed by atoms with Gasteiger partial charge in [0.1, 0.15) is 16.7 Å². The Hall–Kier alpha value is -1.64. The first kappa shape index (κ1) is 16.7. The summed E-state index contributed by atoms with van der Waals surface area (Å²) in [4.78, 5) is 0.210. The molecule has 7 nitrogen and oxygen atoms in total. The number of nitrogens with one attached hydrogen (secondary N) is 1. The molecule has 2 rings (SSSR count). The molecule has 0 amide bonds. The SMILES string of the molecule is CCn1nc(C)c(S(=O)(=O)NC(COC)c2ccco2)c1C. The predicted molar refractivity (Wildman–Crippen MR) is 81.0 cm³/mol. The molecule has 1 atom stereocenters. The van der Waals surface area contributed by atoms with E-state index in [-0.39, 0.29) is 11.5 Å².